The van der Waals surface area contributed by atoms with Crippen LogP contribution in [0, 0.1) is 5.82 Å². The number of likely N-dealkylation sites (N-methyl/N-ethyl adjacent to an activating group) is 1. The Kier molecular flexibility index (Phi) is 3.11. The van der Waals surface area contributed by atoms with Gasteiger partial charge in [0.1, 0.15) is 5.82 Å². The minimum Gasteiger partial charge on any atom is -0.380 e. The van der Waals surface area contributed by atoms with Crippen molar-refractivity contribution >= 4 is 11.4 Å². The Morgan fingerprint density at radius 2 is 1.89 bits per heavy atom. The third kappa shape index (κ3) is 2.41. The minimum atomic E-state index is -0.166. The van der Waals surface area contributed by atoms with Crippen molar-refractivity contribution in [2.24, 2.45) is 0 Å². The lowest BCUT2D eigenvalue weighted by Crippen LogP contribution is -2.33. The molecule has 0 saturated heterocycles. The summed E-state index contributed by atoms with van der Waals surface area (Å²) >= 11 is 0. The molecule has 0 amide bonds. The van der Waals surface area contributed by atoms with E-state index >= 15 is 0 Å². The molecule has 98 valence electrons. The fourth-order valence-electron chi connectivity index (χ4n) is 2.68. The number of benzene rings is 2. The SMILES string of the molecule is CN(CC1Cc2ccccc2N1)c1ccccc1F. The molecule has 2 aromatic carbocycles. The maximum atomic E-state index is 13.7. The monoisotopic (exact) mass is 256 g/mol. The average molecular weight is 256 g/mol. The lowest BCUT2D eigenvalue weighted by molar-refractivity contribution is 0.617. The zero-order valence-electron chi connectivity index (χ0n) is 10.9. The van der Waals surface area contributed by atoms with Crippen LogP contribution in [0.1, 0.15) is 5.56 Å². The normalized spacial score (nSPS) is 16.8. The molecule has 0 saturated carbocycles. The molecule has 3 rings (SSSR count). The number of para-hydroxylation sites is 2. The number of halogens is 1. The van der Waals surface area contributed by atoms with Crippen LogP contribution in [0.25, 0.3) is 0 Å². The van der Waals surface area contributed by atoms with Gasteiger partial charge in [0.2, 0.25) is 0 Å². The molecule has 1 atom stereocenters. The second kappa shape index (κ2) is 4.92. The predicted octanol–water partition coefficient (Wildman–Crippen LogP) is 3.30. The topological polar surface area (TPSA) is 15.3 Å². The maximum Gasteiger partial charge on any atom is 0.146 e. The molecule has 1 heterocycles. The van der Waals surface area contributed by atoms with Crippen molar-refractivity contribution in [3.8, 4) is 0 Å². The van der Waals surface area contributed by atoms with E-state index in [0.29, 0.717) is 11.7 Å². The molecule has 0 radical (unpaired) electrons. The van der Waals surface area contributed by atoms with Crippen LogP contribution in [0.4, 0.5) is 15.8 Å². The van der Waals surface area contributed by atoms with Crippen molar-refractivity contribution in [1.82, 2.24) is 0 Å². The van der Waals surface area contributed by atoms with Crippen LogP contribution in [0.15, 0.2) is 48.5 Å². The molecule has 0 spiro atoms. The van der Waals surface area contributed by atoms with Gasteiger partial charge in [0, 0.05) is 25.3 Å². The van der Waals surface area contributed by atoms with Crippen molar-refractivity contribution in [2.45, 2.75) is 12.5 Å². The summed E-state index contributed by atoms with van der Waals surface area (Å²) in [5, 5.41) is 3.49. The molecule has 1 aliphatic heterocycles. The van der Waals surface area contributed by atoms with Gasteiger partial charge in [0.25, 0.3) is 0 Å². The van der Waals surface area contributed by atoms with Gasteiger partial charge in [-0.05, 0) is 30.2 Å². The van der Waals surface area contributed by atoms with Gasteiger partial charge in [0.05, 0.1) is 5.69 Å². The van der Waals surface area contributed by atoms with Crippen LogP contribution in [0.3, 0.4) is 0 Å². The number of nitrogens with one attached hydrogen (secondary N) is 1. The molecule has 2 nitrogen and oxygen atoms in total. The molecular formula is C16H17FN2. The van der Waals surface area contributed by atoms with E-state index in [2.05, 4.69) is 23.5 Å². The minimum absolute atomic E-state index is 0.166. The number of hydrogen-bond donors (Lipinski definition) is 1. The zero-order valence-corrected chi connectivity index (χ0v) is 10.9. The third-order valence-electron chi connectivity index (χ3n) is 3.60. The highest BCUT2D eigenvalue weighted by molar-refractivity contribution is 5.57. The fourth-order valence-corrected chi connectivity index (χ4v) is 2.68. The van der Waals surface area contributed by atoms with Gasteiger partial charge in [0.15, 0.2) is 0 Å². The number of anilines is 2. The first kappa shape index (κ1) is 12.0. The molecule has 0 aliphatic carbocycles. The second-order valence-corrected chi connectivity index (χ2v) is 5.03. The van der Waals surface area contributed by atoms with E-state index in [4.69, 9.17) is 0 Å². The van der Waals surface area contributed by atoms with Crippen molar-refractivity contribution in [3.63, 3.8) is 0 Å². The van der Waals surface area contributed by atoms with Crippen LogP contribution in [0.5, 0.6) is 0 Å². The predicted molar refractivity (Wildman–Crippen MR) is 77.2 cm³/mol. The Morgan fingerprint density at radius 1 is 1.16 bits per heavy atom. The Morgan fingerprint density at radius 3 is 2.68 bits per heavy atom. The highest BCUT2D eigenvalue weighted by atomic mass is 19.1. The fraction of sp³-hybridized carbons (Fsp3) is 0.250. The zero-order chi connectivity index (χ0) is 13.2. The van der Waals surface area contributed by atoms with Crippen LogP contribution in [0.2, 0.25) is 0 Å². The number of nitrogens with zero attached hydrogens (tertiary/aromatic N) is 1. The van der Waals surface area contributed by atoms with E-state index in [-0.39, 0.29) is 5.82 Å². The van der Waals surface area contributed by atoms with Gasteiger partial charge >= 0.3 is 0 Å². The summed E-state index contributed by atoms with van der Waals surface area (Å²) in [6.07, 6.45) is 0.995. The van der Waals surface area contributed by atoms with Crippen molar-refractivity contribution in [1.29, 1.82) is 0 Å². The van der Waals surface area contributed by atoms with Crippen molar-refractivity contribution < 1.29 is 4.39 Å². The Balaban J connectivity index is 1.69. The summed E-state index contributed by atoms with van der Waals surface area (Å²) in [6, 6.07) is 15.6. The highest BCUT2D eigenvalue weighted by Crippen LogP contribution is 2.26. The first-order valence-corrected chi connectivity index (χ1v) is 6.54. The molecular weight excluding hydrogens is 239 g/mol. The van der Waals surface area contributed by atoms with Crippen molar-refractivity contribution in [2.75, 3.05) is 23.8 Å². The first-order chi connectivity index (χ1) is 9.24. The summed E-state index contributed by atoms with van der Waals surface area (Å²) in [7, 11) is 1.93. The Labute approximate surface area is 112 Å². The summed E-state index contributed by atoms with van der Waals surface area (Å²) < 4.78 is 13.7. The van der Waals surface area contributed by atoms with E-state index in [1.807, 2.05) is 30.1 Å². The largest absolute Gasteiger partial charge is 0.380 e. The van der Waals surface area contributed by atoms with E-state index in [1.54, 1.807) is 6.07 Å². The Hall–Kier alpha value is -2.03. The lowest BCUT2D eigenvalue weighted by Gasteiger charge is -2.24. The molecule has 1 unspecified atom stereocenters. The summed E-state index contributed by atoms with van der Waals surface area (Å²) in [4.78, 5) is 1.97. The molecule has 0 bridgehead atoms. The van der Waals surface area contributed by atoms with Crippen LogP contribution < -0.4 is 10.2 Å². The molecule has 0 aromatic heterocycles. The molecule has 2 aromatic rings. The molecule has 19 heavy (non-hydrogen) atoms. The summed E-state index contributed by atoms with van der Waals surface area (Å²) in [6.45, 7) is 0.787. The lowest BCUT2D eigenvalue weighted by atomic mass is 10.1. The van der Waals surface area contributed by atoms with E-state index in [0.717, 1.165) is 13.0 Å². The average Bonchev–Trinajstić information content (AvgIpc) is 2.81. The molecule has 1 N–H and O–H groups in total. The van der Waals surface area contributed by atoms with Crippen LogP contribution in [-0.4, -0.2) is 19.6 Å². The molecule has 0 fully saturated rings. The molecule has 3 heteroatoms. The van der Waals surface area contributed by atoms with Gasteiger partial charge < -0.3 is 10.2 Å². The quantitative estimate of drug-likeness (QED) is 0.906. The molecule has 1 aliphatic rings. The van der Waals surface area contributed by atoms with E-state index in [9.17, 15) is 4.39 Å². The van der Waals surface area contributed by atoms with Gasteiger partial charge in [-0.3, -0.25) is 0 Å². The van der Waals surface area contributed by atoms with Gasteiger partial charge in [-0.1, -0.05) is 30.3 Å². The number of fused-ring (bicyclic) bond motifs is 1. The Bertz CT molecular complexity index is 557. The van der Waals surface area contributed by atoms with Gasteiger partial charge in [-0.15, -0.1) is 0 Å². The second-order valence-electron chi connectivity index (χ2n) is 5.03. The first-order valence-electron chi connectivity index (χ1n) is 6.54. The van der Waals surface area contributed by atoms with Crippen molar-refractivity contribution in [3.05, 3.63) is 59.9 Å². The van der Waals surface area contributed by atoms with Gasteiger partial charge in [-0.2, -0.15) is 0 Å². The van der Waals surface area contributed by atoms with Crippen LogP contribution in [-0.2, 0) is 6.42 Å². The third-order valence-corrected chi connectivity index (χ3v) is 3.60. The smallest absolute Gasteiger partial charge is 0.146 e. The summed E-state index contributed by atoms with van der Waals surface area (Å²) in [5.74, 6) is -0.166. The summed E-state index contributed by atoms with van der Waals surface area (Å²) in [5.41, 5.74) is 3.20. The highest BCUT2D eigenvalue weighted by Gasteiger charge is 2.21. The van der Waals surface area contributed by atoms with Gasteiger partial charge in [-0.25, -0.2) is 4.39 Å². The van der Waals surface area contributed by atoms with E-state index in [1.165, 1.54) is 17.3 Å². The van der Waals surface area contributed by atoms with Crippen LogP contribution >= 0.6 is 0 Å². The standard InChI is InChI=1S/C16H17FN2/c1-19(16-9-5-3-7-14(16)17)11-13-10-12-6-2-4-8-15(12)18-13/h2-9,13,18H,10-11H2,1H3. The number of hydrogen-bond acceptors (Lipinski definition) is 2. The number of rotatable bonds is 3. The van der Waals surface area contributed by atoms with E-state index < -0.39 is 0 Å². The maximum absolute atomic E-state index is 13.7.